The summed E-state index contributed by atoms with van der Waals surface area (Å²) in [5.74, 6) is 13.0. The second-order valence-electron chi connectivity index (χ2n) is 9.44. The zero-order chi connectivity index (χ0) is 23.6. The van der Waals surface area contributed by atoms with Gasteiger partial charge in [0.15, 0.2) is 0 Å². The summed E-state index contributed by atoms with van der Waals surface area (Å²) in [6.45, 7) is 0. The van der Waals surface area contributed by atoms with Crippen LogP contribution in [0.1, 0.15) is 11.1 Å². The number of hydrogen-bond acceptors (Lipinski definition) is 0. The highest BCUT2D eigenvalue weighted by Crippen LogP contribution is 2.37. The SMILES string of the molecule is C(C#Cc1ccc2ccc3cccc4ccc1c2c34)#Cc1ccc2ccc3cccc4ccc1c2c34. The number of hydrogen-bond donors (Lipinski definition) is 0. The van der Waals surface area contributed by atoms with Crippen molar-refractivity contribution in [2.75, 3.05) is 0 Å². The normalized spacial score (nSPS) is 11.4. The Morgan fingerprint density at radius 2 is 0.639 bits per heavy atom. The molecular weight excluding hydrogens is 432 g/mol. The molecule has 0 amide bonds. The van der Waals surface area contributed by atoms with Crippen LogP contribution >= 0.6 is 0 Å². The standard InChI is InChI=1S/C36H18/c1(5-23-11-13-29-17-15-25-7-3-9-27-19-21-31(23)35(29)33(25)27)2-6-24-12-14-30-18-16-26-8-4-10-28-20-22-32(24)36(30)34(26)28/h3-4,7-22H. The lowest BCUT2D eigenvalue weighted by molar-refractivity contribution is 1.74. The molecule has 0 aliphatic heterocycles. The van der Waals surface area contributed by atoms with Gasteiger partial charge in [-0.25, -0.2) is 0 Å². The highest BCUT2D eigenvalue weighted by Gasteiger charge is 2.11. The van der Waals surface area contributed by atoms with Crippen LogP contribution < -0.4 is 0 Å². The van der Waals surface area contributed by atoms with E-state index >= 15 is 0 Å². The fraction of sp³-hybridized carbons (Fsp3) is 0. The summed E-state index contributed by atoms with van der Waals surface area (Å²) in [7, 11) is 0. The highest BCUT2D eigenvalue weighted by molar-refractivity contribution is 6.25. The topological polar surface area (TPSA) is 0 Å². The van der Waals surface area contributed by atoms with Crippen LogP contribution in [0.15, 0.2) is 109 Å². The van der Waals surface area contributed by atoms with Gasteiger partial charge in [0.25, 0.3) is 0 Å². The zero-order valence-electron chi connectivity index (χ0n) is 19.4. The fourth-order valence-electron chi connectivity index (χ4n) is 5.89. The van der Waals surface area contributed by atoms with Crippen LogP contribution in [0.4, 0.5) is 0 Å². The summed E-state index contributed by atoms with van der Waals surface area (Å²) >= 11 is 0. The number of rotatable bonds is 0. The van der Waals surface area contributed by atoms with E-state index in [0.717, 1.165) is 11.1 Å². The molecule has 0 aromatic heterocycles. The van der Waals surface area contributed by atoms with Crippen molar-refractivity contribution in [2.45, 2.75) is 0 Å². The van der Waals surface area contributed by atoms with Crippen molar-refractivity contribution >= 4 is 64.6 Å². The predicted octanol–water partition coefficient (Wildman–Crippen LogP) is 8.88. The van der Waals surface area contributed by atoms with E-state index in [-0.39, 0.29) is 0 Å². The summed E-state index contributed by atoms with van der Waals surface area (Å²) in [5.41, 5.74) is 2.04. The molecule has 0 aliphatic carbocycles. The van der Waals surface area contributed by atoms with E-state index in [2.05, 4.69) is 133 Å². The molecule has 0 N–H and O–H groups in total. The molecule has 8 aromatic carbocycles. The molecule has 162 valence electrons. The van der Waals surface area contributed by atoms with Crippen LogP contribution in [-0.4, -0.2) is 0 Å². The van der Waals surface area contributed by atoms with Crippen LogP contribution in [-0.2, 0) is 0 Å². The molecule has 0 nitrogen and oxygen atoms in total. The summed E-state index contributed by atoms with van der Waals surface area (Å²) in [6, 6.07) is 39.2. The molecule has 0 bridgehead atoms. The van der Waals surface area contributed by atoms with Gasteiger partial charge >= 0.3 is 0 Å². The third kappa shape index (κ3) is 2.68. The number of benzene rings is 8. The molecule has 0 heteroatoms. The molecule has 0 radical (unpaired) electrons. The highest BCUT2D eigenvalue weighted by atomic mass is 14.1. The molecule has 0 saturated carbocycles. The monoisotopic (exact) mass is 450 g/mol. The summed E-state index contributed by atoms with van der Waals surface area (Å²) in [4.78, 5) is 0. The van der Waals surface area contributed by atoms with Crippen molar-refractivity contribution < 1.29 is 0 Å². The Morgan fingerprint density at radius 3 is 1.06 bits per heavy atom. The van der Waals surface area contributed by atoms with Gasteiger partial charge in [0.2, 0.25) is 0 Å². The van der Waals surface area contributed by atoms with Crippen molar-refractivity contribution in [1.29, 1.82) is 0 Å². The lowest BCUT2D eigenvalue weighted by atomic mass is 9.92. The molecular formula is C36H18. The van der Waals surface area contributed by atoms with E-state index in [1.54, 1.807) is 0 Å². The molecule has 0 fully saturated rings. The smallest absolute Gasteiger partial charge is 0.0334 e. The first-order valence-electron chi connectivity index (χ1n) is 12.2. The van der Waals surface area contributed by atoms with Gasteiger partial charge < -0.3 is 0 Å². The van der Waals surface area contributed by atoms with Crippen LogP contribution in [0.2, 0.25) is 0 Å². The summed E-state index contributed by atoms with van der Waals surface area (Å²) < 4.78 is 0. The zero-order valence-corrected chi connectivity index (χ0v) is 19.4. The van der Waals surface area contributed by atoms with Gasteiger partial charge in [-0.15, -0.1) is 0 Å². The van der Waals surface area contributed by atoms with E-state index in [9.17, 15) is 0 Å². The molecule has 0 saturated heterocycles. The van der Waals surface area contributed by atoms with Crippen molar-refractivity contribution in [2.24, 2.45) is 0 Å². The first-order valence-corrected chi connectivity index (χ1v) is 12.2. The van der Waals surface area contributed by atoms with Crippen molar-refractivity contribution in [3.63, 3.8) is 0 Å². The molecule has 0 heterocycles. The lowest BCUT2D eigenvalue weighted by Crippen LogP contribution is -1.87. The Labute approximate surface area is 208 Å². The maximum absolute atomic E-state index is 3.34. The van der Waals surface area contributed by atoms with Crippen LogP contribution in [0.3, 0.4) is 0 Å². The molecule has 8 aromatic rings. The van der Waals surface area contributed by atoms with Crippen molar-refractivity contribution in [3.8, 4) is 23.7 Å². The minimum Gasteiger partial charge on any atom is -0.0610 e. The first kappa shape index (κ1) is 19.3. The molecule has 0 atom stereocenters. The average molecular weight is 451 g/mol. The molecule has 0 unspecified atom stereocenters. The quantitative estimate of drug-likeness (QED) is 0.160. The van der Waals surface area contributed by atoms with Gasteiger partial charge in [0, 0.05) is 11.1 Å². The Balaban J connectivity index is 1.27. The Morgan fingerprint density at radius 1 is 0.306 bits per heavy atom. The summed E-state index contributed by atoms with van der Waals surface area (Å²) in [5, 5.41) is 15.2. The average Bonchev–Trinajstić information content (AvgIpc) is 2.93. The van der Waals surface area contributed by atoms with Gasteiger partial charge in [0.1, 0.15) is 0 Å². The van der Waals surface area contributed by atoms with Crippen LogP contribution in [0.5, 0.6) is 0 Å². The minimum atomic E-state index is 1.02. The lowest BCUT2D eigenvalue weighted by Gasteiger charge is -2.11. The van der Waals surface area contributed by atoms with Crippen LogP contribution in [0.25, 0.3) is 64.6 Å². The Kier molecular flexibility index (Phi) is 3.87. The van der Waals surface area contributed by atoms with E-state index in [0.29, 0.717) is 0 Å². The molecule has 0 spiro atoms. The minimum absolute atomic E-state index is 1.02. The third-order valence-corrected chi connectivity index (χ3v) is 7.51. The van der Waals surface area contributed by atoms with Crippen molar-refractivity contribution in [3.05, 3.63) is 120 Å². The van der Waals surface area contributed by atoms with Gasteiger partial charge in [-0.05, 0) is 88.6 Å². The van der Waals surface area contributed by atoms with E-state index < -0.39 is 0 Å². The maximum atomic E-state index is 3.34. The van der Waals surface area contributed by atoms with E-state index in [1.807, 2.05) is 0 Å². The van der Waals surface area contributed by atoms with Crippen molar-refractivity contribution in [1.82, 2.24) is 0 Å². The molecule has 8 rings (SSSR count). The van der Waals surface area contributed by atoms with Gasteiger partial charge in [-0.2, -0.15) is 0 Å². The summed E-state index contributed by atoms with van der Waals surface area (Å²) in [6.07, 6.45) is 0. The van der Waals surface area contributed by atoms with E-state index in [4.69, 9.17) is 0 Å². The molecule has 36 heavy (non-hydrogen) atoms. The van der Waals surface area contributed by atoms with Gasteiger partial charge in [0.05, 0.1) is 0 Å². The first-order chi connectivity index (χ1) is 17.8. The Bertz CT molecular complexity index is 2060. The van der Waals surface area contributed by atoms with Crippen LogP contribution in [0, 0.1) is 23.7 Å². The Hall–Kier alpha value is -5.04. The second kappa shape index (κ2) is 7.23. The van der Waals surface area contributed by atoms with Gasteiger partial charge in [-0.1, -0.05) is 109 Å². The third-order valence-electron chi connectivity index (χ3n) is 7.51. The predicted molar refractivity (Wildman–Crippen MR) is 154 cm³/mol. The van der Waals surface area contributed by atoms with E-state index in [1.165, 1.54) is 64.6 Å². The van der Waals surface area contributed by atoms with Gasteiger partial charge in [-0.3, -0.25) is 0 Å². The largest absolute Gasteiger partial charge is 0.0610 e. The molecule has 0 aliphatic rings. The maximum Gasteiger partial charge on any atom is 0.0334 e. The second-order valence-corrected chi connectivity index (χ2v) is 9.44. The fourth-order valence-corrected chi connectivity index (χ4v) is 5.89.